The van der Waals surface area contributed by atoms with E-state index in [-0.39, 0.29) is 47.0 Å². The fourth-order valence-electron chi connectivity index (χ4n) is 2.61. The maximum atomic E-state index is 12.0. The first-order chi connectivity index (χ1) is 14.1. The first-order valence-electron chi connectivity index (χ1n) is 9.54. The second-order valence-corrected chi connectivity index (χ2v) is 7.82. The van der Waals surface area contributed by atoms with Gasteiger partial charge in [-0.05, 0) is 30.9 Å². The molecule has 1 amide bonds. The van der Waals surface area contributed by atoms with Crippen LogP contribution in [0.15, 0.2) is 17.8 Å². The molecule has 0 aliphatic rings. The first-order valence-corrected chi connectivity index (χ1v) is 10.3. The molecule has 1 aromatic carbocycles. The Morgan fingerprint density at radius 3 is 2.50 bits per heavy atom. The number of hydrogen-bond acceptors (Lipinski definition) is 5. The van der Waals surface area contributed by atoms with Crippen molar-refractivity contribution in [1.29, 1.82) is 0 Å². The average molecular weight is 461 g/mol. The van der Waals surface area contributed by atoms with Crippen molar-refractivity contribution in [3.05, 3.63) is 43.6 Å². The predicted molar refractivity (Wildman–Crippen MR) is 115 cm³/mol. The van der Waals surface area contributed by atoms with Crippen LogP contribution >= 0.6 is 23.2 Å². The van der Waals surface area contributed by atoms with Gasteiger partial charge < -0.3 is 15.2 Å². The predicted octanol–water partition coefficient (Wildman–Crippen LogP) is 4.80. The highest BCUT2D eigenvalue weighted by atomic mass is 35.5. The maximum absolute atomic E-state index is 12.0. The number of carboxylic acid groups (broad SMARTS) is 1. The van der Waals surface area contributed by atoms with Gasteiger partial charge in [0.2, 0.25) is 11.6 Å². The molecule has 1 aromatic rings. The summed E-state index contributed by atoms with van der Waals surface area (Å²) in [5.74, 6) is -1.00. The third kappa shape index (κ3) is 8.20. The fraction of sp³-hybridized carbons (Fsp3) is 0.500. The van der Waals surface area contributed by atoms with E-state index < -0.39 is 16.9 Å². The molecule has 0 spiro atoms. The number of carbonyl (C=O) groups is 2. The van der Waals surface area contributed by atoms with E-state index in [0.717, 1.165) is 0 Å². The Hall–Kier alpha value is -2.32. The van der Waals surface area contributed by atoms with E-state index in [0.29, 0.717) is 24.2 Å². The molecule has 0 bridgehead atoms. The van der Waals surface area contributed by atoms with E-state index >= 15 is 0 Å². The minimum Gasteiger partial charge on any atom is -0.492 e. The zero-order valence-electron chi connectivity index (χ0n) is 17.1. The molecule has 0 saturated carbocycles. The van der Waals surface area contributed by atoms with Gasteiger partial charge in [0.05, 0.1) is 16.6 Å². The molecule has 0 fully saturated rings. The van der Waals surface area contributed by atoms with Crippen LogP contribution in [0.1, 0.15) is 52.0 Å². The van der Waals surface area contributed by atoms with Gasteiger partial charge in [-0.3, -0.25) is 14.9 Å². The number of nitrogens with one attached hydrogen (secondary N) is 1. The van der Waals surface area contributed by atoms with Crippen molar-refractivity contribution >= 4 is 41.2 Å². The molecule has 0 radical (unpaired) electrons. The third-order valence-electron chi connectivity index (χ3n) is 4.14. The van der Waals surface area contributed by atoms with Gasteiger partial charge in [-0.25, -0.2) is 4.79 Å². The van der Waals surface area contributed by atoms with E-state index in [1.54, 1.807) is 19.1 Å². The lowest BCUT2D eigenvalue weighted by Crippen LogP contribution is -2.41. The number of amides is 1. The summed E-state index contributed by atoms with van der Waals surface area (Å²) in [4.78, 5) is 33.6. The summed E-state index contributed by atoms with van der Waals surface area (Å²) in [5, 5.41) is 22.9. The standard InChI is InChI=1S/C20H26Cl2N2O6/c1-4-14(24(28)29)11-13-7-8-16(19(22)18(13)21)30-9-5-6-17(25)23-15(20(26)27)10-12(2)3/h7-8,11-12,15H,4-6,9-10H2,1-3H3,(H,23,25)(H,26,27)/b14-11-/t15-/m0/s1. The maximum Gasteiger partial charge on any atom is 0.326 e. The topological polar surface area (TPSA) is 119 Å². The van der Waals surface area contributed by atoms with Crippen LogP contribution in [0.2, 0.25) is 10.0 Å². The molecular formula is C20H26Cl2N2O6. The minimum absolute atomic E-state index is 0.00443. The number of carboxylic acids is 1. The van der Waals surface area contributed by atoms with Crippen molar-refractivity contribution in [2.45, 2.75) is 52.5 Å². The molecule has 0 heterocycles. The molecule has 0 aromatic heterocycles. The number of allylic oxidation sites excluding steroid dienone is 1. The van der Waals surface area contributed by atoms with Gasteiger partial charge in [0.15, 0.2) is 0 Å². The van der Waals surface area contributed by atoms with E-state index in [1.807, 2.05) is 13.8 Å². The number of rotatable bonds is 12. The summed E-state index contributed by atoms with van der Waals surface area (Å²) >= 11 is 12.4. The molecule has 1 rings (SSSR count). The smallest absolute Gasteiger partial charge is 0.326 e. The van der Waals surface area contributed by atoms with Gasteiger partial charge in [-0.2, -0.15) is 0 Å². The summed E-state index contributed by atoms with van der Waals surface area (Å²) < 4.78 is 5.55. The van der Waals surface area contributed by atoms with Crippen molar-refractivity contribution in [2.24, 2.45) is 5.92 Å². The molecular weight excluding hydrogens is 435 g/mol. The average Bonchev–Trinajstić information content (AvgIpc) is 2.66. The number of nitrogens with zero attached hydrogens (tertiary/aromatic N) is 1. The summed E-state index contributed by atoms with van der Waals surface area (Å²) in [6.45, 7) is 5.59. The van der Waals surface area contributed by atoms with Crippen LogP contribution in [-0.2, 0) is 9.59 Å². The number of halogens is 2. The number of carbonyl (C=O) groups excluding carboxylic acids is 1. The Morgan fingerprint density at radius 2 is 1.97 bits per heavy atom. The van der Waals surface area contributed by atoms with Gasteiger partial charge in [-0.15, -0.1) is 0 Å². The quantitative estimate of drug-likeness (QED) is 0.262. The largest absolute Gasteiger partial charge is 0.492 e. The molecule has 0 unspecified atom stereocenters. The van der Waals surface area contributed by atoms with Crippen molar-refractivity contribution in [3.8, 4) is 5.75 Å². The van der Waals surface area contributed by atoms with E-state index in [1.165, 1.54) is 6.08 Å². The molecule has 10 heteroatoms. The molecule has 0 aliphatic carbocycles. The number of hydrogen-bond donors (Lipinski definition) is 2. The lowest BCUT2D eigenvalue weighted by molar-refractivity contribution is -0.425. The van der Waals surface area contributed by atoms with Gasteiger partial charge in [-0.1, -0.05) is 44.0 Å². The zero-order valence-corrected chi connectivity index (χ0v) is 18.6. The third-order valence-corrected chi connectivity index (χ3v) is 5.02. The minimum atomic E-state index is -1.06. The van der Waals surface area contributed by atoms with Crippen molar-refractivity contribution in [1.82, 2.24) is 5.32 Å². The van der Waals surface area contributed by atoms with Crippen LogP contribution in [-0.4, -0.2) is 34.6 Å². The Morgan fingerprint density at radius 1 is 1.30 bits per heavy atom. The van der Waals surface area contributed by atoms with Crippen LogP contribution in [0.3, 0.4) is 0 Å². The van der Waals surface area contributed by atoms with Crippen LogP contribution < -0.4 is 10.1 Å². The van der Waals surface area contributed by atoms with Crippen LogP contribution in [0.25, 0.3) is 6.08 Å². The monoisotopic (exact) mass is 460 g/mol. The highest BCUT2D eigenvalue weighted by Crippen LogP contribution is 2.36. The highest BCUT2D eigenvalue weighted by molar-refractivity contribution is 6.43. The van der Waals surface area contributed by atoms with Gasteiger partial charge in [0.25, 0.3) is 0 Å². The zero-order chi connectivity index (χ0) is 22.8. The van der Waals surface area contributed by atoms with E-state index in [9.17, 15) is 19.7 Å². The van der Waals surface area contributed by atoms with E-state index in [4.69, 9.17) is 33.0 Å². The van der Waals surface area contributed by atoms with Gasteiger partial charge in [0, 0.05) is 24.5 Å². The van der Waals surface area contributed by atoms with Crippen LogP contribution in [0.5, 0.6) is 5.75 Å². The molecule has 30 heavy (non-hydrogen) atoms. The van der Waals surface area contributed by atoms with Crippen molar-refractivity contribution in [2.75, 3.05) is 6.61 Å². The number of benzene rings is 1. The second kappa shape index (κ2) is 12.4. The van der Waals surface area contributed by atoms with Crippen LogP contribution in [0, 0.1) is 16.0 Å². The van der Waals surface area contributed by atoms with Crippen molar-refractivity contribution < 1.29 is 24.4 Å². The molecule has 0 aliphatic heterocycles. The lowest BCUT2D eigenvalue weighted by atomic mass is 10.0. The van der Waals surface area contributed by atoms with Gasteiger partial charge >= 0.3 is 5.97 Å². The van der Waals surface area contributed by atoms with Crippen LogP contribution in [0.4, 0.5) is 0 Å². The Balaban J connectivity index is 2.63. The van der Waals surface area contributed by atoms with E-state index in [2.05, 4.69) is 5.32 Å². The Labute approximate surface area is 185 Å². The molecule has 8 nitrogen and oxygen atoms in total. The molecule has 166 valence electrons. The molecule has 0 saturated heterocycles. The molecule has 2 N–H and O–H groups in total. The van der Waals surface area contributed by atoms with Crippen molar-refractivity contribution in [3.63, 3.8) is 0 Å². The number of nitro groups is 1. The Kier molecular flexibility index (Phi) is 10.6. The first kappa shape index (κ1) is 25.7. The SMILES string of the molecule is CC/C(=C/c1ccc(OCCCC(=O)N[C@@H](CC(C)C)C(=O)O)c(Cl)c1Cl)[N+](=O)[O-]. The number of aliphatic carboxylic acids is 1. The summed E-state index contributed by atoms with van der Waals surface area (Å²) in [5.41, 5.74) is 0.414. The highest BCUT2D eigenvalue weighted by Gasteiger charge is 2.21. The normalized spacial score (nSPS) is 12.5. The summed E-state index contributed by atoms with van der Waals surface area (Å²) in [6.07, 6.45) is 2.38. The molecule has 1 atom stereocenters. The van der Waals surface area contributed by atoms with Gasteiger partial charge in [0.1, 0.15) is 16.8 Å². The lowest BCUT2D eigenvalue weighted by Gasteiger charge is -2.16. The number of ether oxygens (including phenoxy) is 1. The summed E-state index contributed by atoms with van der Waals surface area (Å²) in [7, 11) is 0. The summed E-state index contributed by atoms with van der Waals surface area (Å²) in [6, 6.07) is 2.20. The second-order valence-electron chi connectivity index (χ2n) is 7.07. The fourth-order valence-corrected chi connectivity index (χ4v) is 3.04. The Bertz CT molecular complexity index is 811.